The minimum atomic E-state index is -3.32. The van der Waals surface area contributed by atoms with E-state index in [1.807, 2.05) is 17.8 Å². The lowest BCUT2D eigenvalue weighted by Crippen LogP contribution is -2.50. The lowest BCUT2D eigenvalue weighted by molar-refractivity contribution is 0.0928. The molecule has 0 spiro atoms. The minimum Gasteiger partial charge on any atom is -0.349 e. The van der Waals surface area contributed by atoms with Gasteiger partial charge in [-0.2, -0.15) is 5.10 Å². The number of fused-ring (bicyclic) bond motifs is 1. The quantitative estimate of drug-likeness (QED) is 0.814. The van der Waals surface area contributed by atoms with Gasteiger partial charge in [-0.05, 0) is 45.6 Å². The summed E-state index contributed by atoms with van der Waals surface area (Å²) < 4.78 is 27.7. The van der Waals surface area contributed by atoms with E-state index in [1.165, 1.54) is 11.3 Å². The summed E-state index contributed by atoms with van der Waals surface area (Å²) >= 11 is 1.45. The van der Waals surface area contributed by atoms with Crippen LogP contribution in [0.4, 0.5) is 0 Å². The van der Waals surface area contributed by atoms with E-state index < -0.39 is 14.8 Å². The van der Waals surface area contributed by atoms with Gasteiger partial charge in [0.25, 0.3) is 5.91 Å². The summed E-state index contributed by atoms with van der Waals surface area (Å²) in [6.07, 6.45) is 1.26. The molecule has 1 N–H and O–H groups in total. The molecule has 0 atom stereocenters. The van der Waals surface area contributed by atoms with Crippen molar-refractivity contribution in [3.05, 3.63) is 16.6 Å². The average molecular weight is 427 g/mol. The van der Waals surface area contributed by atoms with Gasteiger partial charge in [-0.15, -0.1) is 11.3 Å². The third kappa shape index (κ3) is 3.84. The number of rotatable bonds is 4. The maximum atomic E-state index is 12.7. The Morgan fingerprint density at radius 3 is 2.43 bits per heavy atom. The molecule has 1 aliphatic heterocycles. The molecule has 0 aliphatic carbocycles. The van der Waals surface area contributed by atoms with E-state index in [1.54, 1.807) is 25.1 Å². The second kappa shape index (κ2) is 7.42. The standard InChI is InChI=1S/C19H30N4O3S2/c1-12(2)16-14-11-15(27-18(14)22(6)21-16)17(24)20-13-7-9-23(10-8-13)28(25,26)19(3,4)5/h11-13H,7-10H2,1-6H3,(H,20,24). The van der Waals surface area contributed by atoms with Crippen LogP contribution in [0.2, 0.25) is 0 Å². The Labute approximate surface area is 171 Å². The van der Waals surface area contributed by atoms with Crippen molar-refractivity contribution in [3.63, 3.8) is 0 Å². The van der Waals surface area contributed by atoms with Crippen molar-refractivity contribution in [2.24, 2.45) is 7.05 Å². The molecule has 28 heavy (non-hydrogen) atoms. The molecule has 2 aromatic rings. The second-order valence-electron chi connectivity index (χ2n) is 8.76. The zero-order valence-corrected chi connectivity index (χ0v) is 19.1. The van der Waals surface area contributed by atoms with Crippen molar-refractivity contribution in [3.8, 4) is 0 Å². The van der Waals surface area contributed by atoms with E-state index in [-0.39, 0.29) is 11.9 Å². The normalized spacial score (nSPS) is 17.5. The predicted octanol–water partition coefficient (Wildman–Crippen LogP) is 3.08. The van der Waals surface area contributed by atoms with Crippen LogP contribution in [0.5, 0.6) is 0 Å². The minimum absolute atomic E-state index is 0.00757. The molecule has 1 aliphatic rings. The summed E-state index contributed by atoms with van der Waals surface area (Å²) in [7, 11) is -1.42. The molecule has 2 aromatic heterocycles. The van der Waals surface area contributed by atoms with Crippen molar-refractivity contribution in [2.45, 2.75) is 64.2 Å². The van der Waals surface area contributed by atoms with Crippen LogP contribution in [0.15, 0.2) is 6.07 Å². The summed E-state index contributed by atoms with van der Waals surface area (Å²) in [5, 5.41) is 8.68. The number of carbonyl (C=O) groups is 1. The maximum Gasteiger partial charge on any atom is 0.261 e. The van der Waals surface area contributed by atoms with Gasteiger partial charge in [0.15, 0.2) is 0 Å². The van der Waals surface area contributed by atoms with Gasteiger partial charge >= 0.3 is 0 Å². The second-order valence-corrected chi connectivity index (χ2v) is 12.5. The first-order chi connectivity index (χ1) is 12.9. The van der Waals surface area contributed by atoms with Gasteiger partial charge in [-0.1, -0.05) is 13.8 Å². The number of aryl methyl sites for hydroxylation is 1. The molecule has 0 bridgehead atoms. The Balaban J connectivity index is 1.67. The first kappa shape index (κ1) is 21.3. The zero-order chi connectivity index (χ0) is 20.9. The van der Waals surface area contributed by atoms with Gasteiger partial charge in [0.1, 0.15) is 4.83 Å². The number of aromatic nitrogens is 2. The smallest absolute Gasteiger partial charge is 0.261 e. The Hall–Kier alpha value is -1.45. The first-order valence-electron chi connectivity index (χ1n) is 9.69. The van der Waals surface area contributed by atoms with Crippen molar-refractivity contribution in [1.29, 1.82) is 0 Å². The van der Waals surface area contributed by atoms with E-state index in [0.29, 0.717) is 36.7 Å². The molecule has 9 heteroatoms. The summed E-state index contributed by atoms with van der Waals surface area (Å²) in [5.41, 5.74) is 1.01. The van der Waals surface area contributed by atoms with Crippen LogP contribution in [0.1, 0.15) is 68.7 Å². The number of nitrogens with zero attached hydrogens (tertiary/aromatic N) is 3. The van der Waals surface area contributed by atoms with Gasteiger partial charge < -0.3 is 5.32 Å². The molecule has 3 rings (SSSR count). The molecular weight excluding hydrogens is 396 g/mol. The first-order valence-corrected chi connectivity index (χ1v) is 11.9. The molecule has 3 heterocycles. The Morgan fingerprint density at radius 1 is 1.29 bits per heavy atom. The molecule has 0 saturated carbocycles. The molecule has 1 fully saturated rings. The number of hydrogen-bond donors (Lipinski definition) is 1. The fourth-order valence-electron chi connectivity index (χ4n) is 3.49. The number of amides is 1. The summed E-state index contributed by atoms with van der Waals surface area (Å²) in [5.74, 6) is 0.205. The van der Waals surface area contributed by atoms with Crippen LogP contribution in [0, 0.1) is 0 Å². The fraction of sp³-hybridized carbons (Fsp3) is 0.684. The van der Waals surface area contributed by atoms with Crippen molar-refractivity contribution >= 4 is 37.5 Å². The van der Waals surface area contributed by atoms with Crippen LogP contribution in [-0.4, -0.2) is 52.3 Å². The lowest BCUT2D eigenvalue weighted by atomic mass is 10.1. The highest BCUT2D eigenvalue weighted by molar-refractivity contribution is 7.90. The molecule has 1 saturated heterocycles. The lowest BCUT2D eigenvalue weighted by Gasteiger charge is -2.35. The van der Waals surface area contributed by atoms with Gasteiger partial charge in [0.2, 0.25) is 10.0 Å². The van der Waals surface area contributed by atoms with E-state index in [4.69, 9.17) is 0 Å². The molecule has 0 unspecified atom stereocenters. The number of thiophene rings is 1. The number of hydrogen-bond acceptors (Lipinski definition) is 5. The van der Waals surface area contributed by atoms with Crippen LogP contribution in [0.3, 0.4) is 0 Å². The van der Waals surface area contributed by atoms with Gasteiger partial charge in [-0.3, -0.25) is 9.48 Å². The number of nitrogens with one attached hydrogen (secondary N) is 1. The van der Waals surface area contributed by atoms with Gasteiger partial charge in [-0.25, -0.2) is 12.7 Å². The largest absolute Gasteiger partial charge is 0.349 e. The van der Waals surface area contributed by atoms with Crippen LogP contribution in [0.25, 0.3) is 10.2 Å². The van der Waals surface area contributed by atoms with E-state index in [2.05, 4.69) is 24.3 Å². The number of sulfonamides is 1. The fourth-order valence-corrected chi connectivity index (χ4v) is 5.94. The Morgan fingerprint density at radius 2 is 1.89 bits per heavy atom. The predicted molar refractivity (Wildman–Crippen MR) is 113 cm³/mol. The summed E-state index contributed by atoms with van der Waals surface area (Å²) in [6.45, 7) is 10.2. The van der Waals surface area contributed by atoms with Crippen molar-refractivity contribution in [1.82, 2.24) is 19.4 Å². The van der Waals surface area contributed by atoms with E-state index in [0.717, 1.165) is 15.9 Å². The zero-order valence-electron chi connectivity index (χ0n) is 17.4. The highest BCUT2D eigenvalue weighted by Gasteiger charge is 2.37. The van der Waals surface area contributed by atoms with Crippen LogP contribution < -0.4 is 5.32 Å². The SMILES string of the molecule is CC(C)c1nn(C)c2sc(C(=O)NC3CCN(S(=O)(=O)C(C)(C)C)CC3)cc12. The van der Waals surface area contributed by atoms with Crippen LogP contribution in [-0.2, 0) is 17.1 Å². The molecular formula is C19H30N4O3S2. The van der Waals surface area contributed by atoms with Crippen molar-refractivity contribution in [2.75, 3.05) is 13.1 Å². The van der Waals surface area contributed by atoms with Crippen molar-refractivity contribution < 1.29 is 13.2 Å². The molecule has 156 valence electrons. The number of piperidine rings is 1. The highest BCUT2D eigenvalue weighted by Crippen LogP contribution is 2.32. The average Bonchev–Trinajstić information content (AvgIpc) is 3.15. The molecule has 7 nitrogen and oxygen atoms in total. The highest BCUT2D eigenvalue weighted by atomic mass is 32.2. The van der Waals surface area contributed by atoms with E-state index >= 15 is 0 Å². The topological polar surface area (TPSA) is 84.3 Å². The van der Waals surface area contributed by atoms with Crippen LogP contribution >= 0.6 is 11.3 Å². The Bertz CT molecular complexity index is 975. The van der Waals surface area contributed by atoms with Gasteiger partial charge in [0.05, 0.1) is 15.3 Å². The summed E-state index contributed by atoms with van der Waals surface area (Å²) in [6, 6.07) is 1.92. The van der Waals surface area contributed by atoms with E-state index in [9.17, 15) is 13.2 Å². The monoisotopic (exact) mass is 426 g/mol. The maximum absolute atomic E-state index is 12.7. The van der Waals surface area contributed by atoms with Gasteiger partial charge in [0, 0.05) is 31.6 Å². The molecule has 0 aromatic carbocycles. The molecule has 0 radical (unpaired) electrons. The third-order valence-electron chi connectivity index (χ3n) is 5.21. The third-order valence-corrected chi connectivity index (χ3v) is 9.01. The summed E-state index contributed by atoms with van der Waals surface area (Å²) in [4.78, 5) is 14.4. The number of carbonyl (C=O) groups excluding carboxylic acids is 1. The Kier molecular flexibility index (Phi) is 5.64. The molecule has 1 amide bonds.